The maximum Gasteiger partial charge on any atom is 0.251 e. The summed E-state index contributed by atoms with van der Waals surface area (Å²) in [6.45, 7) is -0.112. The Balaban J connectivity index is 1.98. The van der Waals surface area contributed by atoms with E-state index in [0.29, 0.717) is 16.1 Å². The number of carbonyl (C=O) groups is 2. The summed E-state index contributed by atoms with van der Waals surface area (Å²) in [5.74, 6) is -0.627. The topological polar surface area (TPSA) is 59.3 Å². The highest BCUT2D eigenvalue weighted by atomic mass is 35.5. The summed E-state index contributed by atoms with van der Waals surface area (Å²) in [6, 6.07) is 6.04. The fourth-order valence-corrected chi connectivity index (χ4v) is 1.72. The lowest BCUT2D eigenvalue weighted by Gasteiger charge is -2.04. The fraction of sp³-hybridized carbons (Fsp3) is 0.0769. The standard InChI is InChI=1S/C13H9Cl2NO3/c14-10-2-1-8(5-11(10)15)13(18)16-6-12(17)9-3-4-19-7-9/h1-5,7H,6H2,(H,16,18). The van der Waals surface area contributed by atoms with Crippen LogP contribution in [-0.2, 0) is 0 Å². The molecule has 0 saturated carbocycles. The molecule has 2 aromatic rings. The van der Waals surface area contributed by atoms with E-state index in [1.807, 2.05) is 0 Å². The minimum atomic E-state index is -0.393. The van der Waals surface area contributed by atoms with Gasteiger partial charge in [0.1, 0.15) is 6.26 Å². The van der Waals surface area contributed by atoms with Gasteiger partial charge < -0.3 is 9.73 Å². The molecule has 1 heterocycles. The fourth-order valence-electron chi connectivity index (χ4n) is 1.43. The molecule has 0 aliphatic rings. The van der Waals surface area contributed by atoms with Crippen molar-refractivity contribution >= 4 is 34.9 Å². The lowest BCUT2D eigenvalue weighted by atomic mass is 10.2. The summed E-state index contributed by atoms with van der Waals surface area (Å²) in [6.07, 6.45) is 2.72. The molecular formula is C13H9Cl2NO3. The average Bonchev–Trinajstić information content (AvgIpc) is 2.92. The normalized spacial score (nSPS) is 10.2. The van der Waals surface area contributed by atoms with E-state index in [1.165, 1.54) is 36.8 Å². The van der Waals surface area contributed by atoms with Crippen molar-refractivity contribution in [1.82, 2.24) is 5.32 Å². The first kappa shape index (κ1) is 13.6. The Morgan fingerprint density at radius 3 is 2.53 bits per heavy atom. The van der Waals surface area contributed by atoms with Gasteiger partial charge in [-0.3, -0.25) is 9.59 Å². The van der Waals surface area contributed by atoms with Gasteiger partial charge >= 0.3 is 0 Å². The largest absolute Gasteiger partial charge is 0.472 e. The van der Waals surface area contributed by atoms with E-state index in [-0.39, 0.29) is 17.4 Å². The van der Waals surface area contributed by atoms with Crippen LogP contribution in [0.3, 0.4) is 0 Å². The van der Waals surface area contributed by atoms with Gasteiger partial charge in [0.05, 0.1) is 28.4 Å². The van der Waals surface area contributed by atoms with E-state index in [9.17, 15) is 9.59 Å². The van der Waals surface area contributed by atoms with Crippen molar-refractivity contribution in [2.75, 3.05) is 6.54 Å². The number of furan rings is 1. The Labute approximate surface area is 119 Å². The van der Waals surface area contributed by atoms with Gasteiger partial charge in [-0.25, -0.2) is 0 Å². The van der Waals surface area contributed by atoms with Crippen LogP contribution < -0.4 is 5.32 Å². The second kappa shape index (κ2) is 5.91. The zero-order valence-electron chi connectivity index (χ0n) is 9.65. The van der Waals surface area contributed by atoms with E-state index in [4.69, 9.17) is 27.6 Å². The van der Waals surface area contributed by atoms with E-state index >= 15 is 0 Å². The molecule has 0 saturated heterocycles. The lowest BCUT2D eigenvalue weighted by molar-refractivity contribution is 0.0904. The number of nitrogens with one attached hydrogen (secondary N) is 1. The highest BCUT2D eigenvalue weighted by Gasteiger charge is 2.11. The summed E-state index contributed by atoms with van der Waals surface area (Å²) < 4.78 is 4.79. The van der Waals surface area contributed by atoms with Gasteiger partial charge in [0, 0.05) is 5.56 Å². The number of ketones is 1. The predicted molar refractivity (Wildman–Crippen MR) is 71.8 cm³/mol. The van der Waals surface area contributed by atoms with Crippen LogP contribution in [-0.4, -0.2) is 18.2 Å². The molecular weight excluding hydrogens is 289 g/mol. The van der Waals surface area contributed by atoms with Crippen molar-refractivity contribution < 1.29 is 14.0 Å². The van der Waals surface area contributed by atoms with Crippen LogP contribution in [0.15, 0.2) is 41.2 Å². The molecule has 1 amide bonds. The van der Waals surface area contributed by atoms with E-state index < -0.39 is 5.91 Å². The van der Waals surface area contributed by atoms with Crippen LogP contribution in [0.5, 0.6) is 0 Å². The summed E-state index contributed by atoms with van der Waals surface area (Å²) in [7, 11) is 0. The third kappa shape index (κ3) is 3.36. The van der Waals surface area contributed by atoms with Gasteiger partial charge in [-0.05, 0) is 24.3 Å². The van der Waals surface area contributed by atoms with Gasteiger partial charge in [-0.1, -0.05) is 23.2 Å². The minimum absolute atomic E-state index is 0.112. The predicted octanol–water partition coefficient (Wildman–Crippen LogP) is 3.20. The quantitative estimate of drug-likeness (QED) is 0.882. The molecule has 1 aromatic carbocycles. The molecule has 6 heteroatoms. The maximum atomic E-state index is 11.8. The third-order valence-electron chi connectivity index (χ3n) is 2.43. The number of hydrogen-bond donors (Lipinski definition) is 1. The SMILES string of the molecule is O=C(CNC(=O)c1ccc(Cl)c(Cl)c1)c1ccoc1. The molecule has 0 spiro atoms. The van der Waals surface area contributed by atoms with Crippen LogP contribution in [0.25, 0.3) is 0 Å². The van der Waals surface area contributed by atoms with E-state index in [1.54, 1.807) is 0 Å². The molecule has 0 aliphatic heterocycles. The van der Waals surface area contributed by atoms with Crippen LogP contribution in [0.4, 0.5) is 0 Å². The second-order valence-electron chi connectivity index (χ2n) is 3.75. The monoisotopic (exact) mass is 297 g/mol. The first-order chi connectivity index (χ1) is 9.08. The molecule has 19 heavy (non-hydrogen) atoms. The van der Waals surface area contributed by atoms with Crippen molar-refractivity contribution in [1.29, 1.82) is 0 Å². The molecule has 0 bridgehead atoms. The lowest BCUT2D eigenvalue weighted by Crippen LogP contribution is -2.29. The number of amides is 1. The van der Waals surface area contributed by atoms with Gasteiger partial charge in [-0.15, -0.1) is 0 Å². The summed E-state index contributed by atoms with van der Waals surface area (Å²) in [5.41, 5.74) is 0.754. The number of rotatable bonds is 4. The summed E-state index contributed by atoms with van der Waals surface area (Å²) >= 11 is 11.6. The Morgan fingerprint density at radius 1 is 1.11 bits per heavy atom. The first-order valence-electron chi connectivity index (χ1n) is 5.36. The van der Waals surface area contributed by atoms with Crippen molar-refractivity contribution in [2.45, 2.75) is 0 Å². The average molecular weight is 298 g/mol. The highest BCUT2D eigenvalue weighted by molar-refractivity contribution is 6.42. The number of benzene rings is 1. The molecule has 4 nitrogen and oxygen atoms in total. The van der Waals surface area contributed by atoms with Crippen LogP contribution in [0, 0.1) is 0 Å². The summed E-state index contributed by atoms with van der Waals surface area (Å²) in [5, 5.41) is 3.16. The molecule has 0 unspecified atom stereocenters. The van der Waals surface area contributed by atoms with Crippen LogP contribution in [0.1, 0.15) is 20.7 Å². The number of Topliss-reactive ketones (excluding diaryl/α,β-unsaturated/α-hetero) is 1. The number of hydrogen-bond acceptors (Lipinski definition) is 3. The van der Waals surface area contributed by atoms with Gasteiger partial charge in [0.2, 0.25) is 0 Å². The smallest absolute Gasteiger partial charge is 0.251 e. The molecule has 0 radical (unpaired) electrons. The minimum Gasteiger partial charge on any atom is -0.472 e. The van der Waals surface area contributed by atoms with E-state index in [0.717, 1.165) is 0 Å². The molecule has 0 fully saturated rings. The Hall–Kier alpha value is -1.78. The highest BCUT2D eigenvalue weighted by Crippen LogP contribution is 2.22. The van der Waals surface area contributed by atoms with Crippen molar-refractivity contribution in [2.24, 2.45) is 0 Å². The van der Waals surface area contributed by atoms with Crippen molar-refractivity contribution in [3.8, 4) is 0 Å². The Morgan fingerprint density at radius 2 is 1.89 bits per heavy atom. The Bertz CT molecular complexity index is 608. The molecule has 0 aliphatic carbocycles. The molecule has 1 aromatic heterocycles. The van der Waals surface area contributed by atoms with E-state index in [2.05, 4.69) is 5.32 Å². The van der Waals surface area contributed by atoms with Gasteiger partial charge in [0.15, 0.2) is 5.78 Å². The van der Waals surface area contributed by atoms with Gasteiger partial charge in [-0.2, -0.15) is 0 Å². The summed E-state index contributed by atoms with van der Waals surface area (Å²) in [4.78, 5) is 23.4. The number of carbonyl (C=O) groups excluding carboxylic acids is 2. The second-order valence-corrected chi connectivity index (χ2v) is 4.56. The maximum absolute atomic E-state index is 11.8. The third-order valence-corrected chi connectivity index (χ3v) is 3.17. The number of halogens is 2. The molecule has 0 atom stereocenters. The van der Waals surface area contributed by atoms with Crippen molar-refractivity contribution in [3.05, 3.63) is 58.0 Å². The molecule has 2 rings (SSSR count). The molecule has 98 valence electrons. The van der Waals surface area contributed by atoms with Gasteiger partial charge in [0.25, 0.3) is 5.91 Å². The zero-order chi connectivity index (χ0) is 13.8. The zero-order valence-corrected chi connectivity index (χ0v) is 11.2. The van der Waals surface area contributed by atoms with Crippen molar-refractivity contribution in [3.63, 3.8) is 0 Å². The van der Waals surface area contributed by atoms with Crippen LogP contribution >= 0.6 is 23.2 Å². The van der Waals surface area contributed by atoms with Crippen LogP contribution in [0.2, 0.25) is 10.0 Å². The Kier molecular flexibility index (Phi) is 4.24. The molecule has 1 N–H and O–H groups in total. The first-order valence-corrected chi connectivity index (χ1v) is 6.12.